The van der Waals surface area contributed by atoms with Crippen LogP contribution in [0.2, 0.25) is 0 Å². The summed E-state index contributed by atoms with van der Waals surface area (Å²) in [5.74, 6) is 4.92. The highest BCUT2D eigenvalue weighted by Crippen LogP contribution is 2.40. The highest BCUT2D eigenvalue weighted by atomic mass is 16.5. The van der Waals surface area contributed by atoms with Crippen LogP contribution in [0.3, 0.4) is 0 Å². The number of ether oxygens (including phenoxy) is 1. The average molecular weight is 476 g/mol. The molecule has 0 aliphatic heterocycles. The number of aryl methyl sites for hydroxylation is 3. The van der Waals surface area contributed by atoms with Crippen LogP contribution in [0, 0.1) is 45.0 Å². The standard InChI is InChI=1S/C31H41NO.2CH4/c1-10-26-17-22(4)29(19-28(26)18-25-12-11-20(2)21(3)16-25)32-30(27-13-14-27)23(5)15-24(6)33-31(7,8)9;;/h1,11-12,16-17,19,23,27,30,32H,6,13-15,18H2,2-5,7-9H3;2*1H4/t23-,30+;;/m1../s1. The van der Waals surface area contributed by atoms with E-state index < -0.39 is 0 Å². The molecule has 1 aliphatic carbocycles. The maximum atomic E-state index is 6.02. The number of rotatable bonds is 9. The summed E-state index contributed by atoms with van der Waals surface area (Å²) in [6.45, 7) is 19.2. The lowest BCUT2D eigenvalue weighted by molar-refractivity contribution is 0.0434. The molecule has 2 nitrogen and oxygen atoms in total. The predicted octanol–water partition coefficient (Wildman–Crippen LogP) is 9.00. The van der Waals surface area contributed by atoms with Crippen molar-refractivity contribution in [2.24, 2.45) is 11.8 Å². The summed E-state index contributed by atoms with van der Waals surface area (Å²) in [6, 6.07) is 11.5. The monoisotopic (exact) mass is 475 g/mol. The fourth-order valence-electron chi connectivity index (χ4n) is 4.64. The molecule has 1 N–H and O–H groups in total. The van der Waals surface area contributed by atoms with Crippen molar-refractivity contribution in [1.82, 2.24) is 0 Å². The maximum absolute atomic E-state index is 6.02. The van der Waals surface area contributed by atoms with Crippen LogP contribution >= 0.6 is 0 Å². The van der Waals surface area contributed by atoms with Gasteiger partial charge in [-0.3, -0.25) is 0 Å². The Kier molecular flexibility index (Phi) is 10.7. The average Bonchev–Trinajstić information content (AvgIpc) is 3.54. The normalized spacial score (nSPS) is 14.6. The van der Waals surface area contributed by atoms with Gasteiger partial charge in [-0.25, -0.2) is 0 Å². The van der Waals surface area contributed by atoms with Crippen LogP contribution in [0.15, 0.2) is 42.7 Å². The van der Waals surface area contributed by atoms with E-state index in [0.717, 1.165) is 24.2 Å². The molecule has 192 valence electrons. The molecule has 0 amide bonds. The predicted molar refractivity (Wildman–Crippen MR) is 155 cm³/mol. The largest absolute Gasteiger partial charge is 0.493 e. The Bertz CT molecular complexity index is 1050. The van der Waals surface area contributed by atoms with E-state index in [9.17, 15) is 0 Å². The van der Waals surface area contributed by atoms with Crippen molar-refractivity contribution in [1.29, 1.82) is 0 Å². The Morgan fingerprint density at radius 2 is 1.74 bits per heavy atom. The smallest absolute Gasteiger partial charge is 0.100 e. The molecule has 1 fully saturated rings. The third kappa shape index (κ3) is 8.50. The molecule has 2 aromatic carbocycles. The van der Waals surface area contributed by atoms with Gasteiger partial charge < -0.3 is 10.1 Å². The molecule has 35 heavy (non-hydrogen) atoms. The molecule has 0 aromatic heterocycles. The van der Waals surface area contributed by atoms with Gasteiger partial charge in [0, 0.05) is 23.7 Å². The van der Waals surface area contributed by atoms with E-state index in [1.165, 1.54) is 46.3 Å². The van der Waals surface area contributed by atoms with Gasteiger partial charge in [0.2, 0.25) is 0 Å². The topological polar surface area (TPSA) is 21.3 Å². The highest BCUT2D eigenvalue weighted by molar-refractivity contribution is 5.60. The number of hydrogen-bond donors (Lipinski definition) is 1. The Balaban J connectivity index is 0.00000306. The summed E-state index contributed by atoms with van der Waals surface area (Å²) < 4.78 is 6.02. The summed E-state index contributed by atoms with van der Waals surface area (Å²) in [7, 11) is 0. The fourth-order valence-corrected chi connectivity index (χ4v) is 4.64. The molecule has 0 radical (unpaired) electrons. The molecule has 2 atom stereocenters. The third-order valence-electron chi connectivity index (χ3n) is 6.64. The number of allylic oxidation sites excluding steroid dienone is 1. The molecule has 0 saturated heterocycles. The van der Waals surface area contributed by atoms with E-state index in [1.807, 2.05) is 0 Å². The molecule has 2 heteroatoms. The van der Waals surface area contributed by atoms with Crippen molar-refractivity contribution in [2.75, 3.05) is 5.32 Å². The molecule has 1 aliphatic rings. The van der Waals surface area contributed by atoms with Gasteiger partial charge in [-0.1, -0.05) is 52.5 Å². The van der Waals surface area contributed by atoms with Gasteiger partial charge in [-0.2, -0.15) is 0 Å². The van der Waals surface area contributed by atoms with E-state index >= 15 is 0 Å². The lowest BCUT2D eigenvalue weighted by Gasteiger charge is -2.30. The van der Waals surface area contributed by atoms with Gasteiger partial charge in [0.15, 0.2) is 0 Å². The van der Waals surface area contributed by atoms with E-state index in [4.69, 9.17) is 11.2 Å². The van der Waals surface area contributed by atoms with Crippen molar-refractivity contribution >= 4 is 5.69 Å². The van der Waals surface area contributed by atoms with Crippen LogP contribution in [0.5, 0.6) is 0 Å². The summed E-state index contributed by atoms with van der Waals surface area (Å²) in [5, 5.41) is 3.91. The molecule has 2 aromatic rings. The van der Waals surface area contributed by atoms with Crippen molar-refractivity contribution < 1.29 is 4.74 Å². The van der Waals surface area contributed by atoms with Gasteiger partial charge in [0.25, 0.3) is 0 Å². The van der Waals surface area contributed by atoms with Gasteiger partial charge >= 0.3 is 0 Å². The second-order valence-corrected chi connectivity index (χ2v) is 11.0. The Morgan fingerprint density at radius 1 is 1.09 bits per heavy atom. The zero-order chi connectivity index (χ0) is 24.3. The number of terminal acetylenes is 1. The van der Waals surface area contributed by atoms with Gasteiger partial charge in [0.1, 0.15) is 5.60 Å². The molecule has 0 heterocycles. The molecule has 0 unspecified atom stereocenters. The minimum atomic E-state index is -0.204. The van der Waals surface area contributed by atoms with Crippen LogP contribution in [0.25, 0.3) is 0 Å². The third-order valence-corrected chi connectivity index (χ3v) is 6.64. The van der Waals surface area contributed by atoms with Crippen molar-refractivity contribution in [2.45, 2.75) is 101 Å². The Hall–Kier alpha value is -2.66. The maximum Gasteiger partial charge on any atom is 0.100 e. The number of nitrogens with one attached hydrogen (secondary N) is 1. The van der Waals surface area contributed by atoms with Crippen molar-refractivity contribution in [3.05, 3.63) is 76.1 Å². The number of anilines is 1. The van der Waals surface area contributed by atoms with E-state index in [2.05, 4.69) is 96.6 Å². The zero-order valence-corrected chi connectivity index (χ0v) is 21.6. The summed E-state index contributed by atoms with van der Waals surface area (Å²) in [4.78, 5) is 0. The first-order chi connectivity index (χ1) is 15.5. The minimum Gasteiger partial charge on any atom is -0.493 e. The highest BCUT2D eigenvalue weighted by Gasteiger charge is 2.35. The fraction of sp³-hybridized carbons (Fsp3) is 0.515. The molecule has 3 rings (SSSR count). The van der Waals surface area contributed by atoms with Gasteiger partial charge in [-0.15, -0.1) is 6.42 Å². The van der Waals surface area contributed by atoms with E-state index in [-0.39, 0.29) is 20.5 Å². The van der Waals surface area contributed by atoms with Crippen LogP contribution in [0.1, 0.15) is 95.2 Å². The first-order valence-electron chi connectivity index (χ1n) is 12.3. The lowest BCUT2D eigenvalue weighted by Crippen LogP contribution is -2.31. The SMILES string of the molecule is C.C.C#Cc1cc(C)c(N[C@H](C2CC2)[C@H](C)CC(=C)OC(C)(C)C)cc1Cc1ccc(C)c(C)c1. The Morgan fingerprint density at radius 3 is 2.29 bits per heavy atom. The van der Waals surface area contributed by atoms with E-state index in [1.54, 1.807) is 0 Å². The number of hydrogen-bond acceptors (Lipinski definition) is 2. The number of benzene rings is 2. The first kappa shape index (κ1) is 30.4. The van der Waals surface area contributed by atoms with Crippen molar-refractivity contribution in [3.63, 3.8) is 0 Å². The quantitative estimate of drug-likeness (QED) is 0.288. The lowest BCUT2D eigenvalue weighted by atomic mass is 9.91. The molecule has 1 saturated carbocycles. The van der Waals surface area contributed by atoms with Crippen LogP contribution in [-0.4, -0.2) is 11.6 Å². The van der Waals surface area contributed by atoms with E-state index in [0.29, 0.717) is 17.9 Å². The molecule has 0 spiro atoms. The second kappa shape index (κ2) is 12.3. The van der Waals surface area contributed by atoms with Crippen molar-refractivity contribution in [3.8, 4) is 12.3 Å². The minimum absolute atomic E-state index is 0. The summed E-state index contributed by atoms with van der Waals surface area (Å²) >= 11 is 0. The zero-order valence-electron chi connectivity index (χ0n) is 21.6. The van der Waals surface area contributed by atoms with Crippen LogP contribution < -0.4 is 5.32 Å². The molecular weight excluding hydrogens is 426 g/mol. The summed E-state index contributed by atoms with van der Waals surface area (Å²) in [6.07, 6.45) is 10.2. The van der Waals surface area contributed by atoms with Gasteiger partial charge in [0.05, 0.1) is 5.76 Å². The molecule has 0 bridgehead atoms. The summed E-state index contributed by atoms with van der Waals surface area (Å²) in [5.41, 5.74) is 8.32. The second-order valence-electron chi connectivity index (χ2n) is 11.0. The first-order valence-corrected chi connectivity index (χ1v) is 12.3. The Labute approximate surface area is 216 Å². The van der Waals surface area contributed by atoms with Crippen LogP contribution in [0.4, 0.5) is 5.69 Å². The van der Waals surface area contributed by atoms with Crippen LogP contribution in [-0.2, 0) is 11.2 Å². The molecular formula is C33H49NO. The van der Waals surface area contributed by atoms with Gasteiger partial charge in [-0.05, 0) is 113 Å².